The molecule has 3 nitrogen and oxygen atoms in total. The molecule has 0 saturated heterocycles. The van der Waals surface area contributed by atoms with Gasteiger partial charge in [0, 0.05) is 12.7 Å². The van der Waals surface area contributed by atoms with E-state index in [1.54, 1.807) is 0 Å². The first-order valence-corrected chi connectivity index (χ1v) is 10.8. The Bertz CT molecular complexity index is 679. The smallest absolute Gasteiger partial charge is 0.330 e. The lowest BCUT2D eigenvalue weighted by Gasteiger charge is -2.43. The van der Waals surface area contributed by atoms with E-state index in [9.17, 15) is 4.79 Å². The number of esters is 1. The molecule has 0 aromatic heterocycles. The van der Waals surface area contributed by atoms with Crippen LogP contribution in [0.2, 0.25) is 5.04 Å². The zero-order valence-corrected chi connectivity index (χ0v) is 17.1. The van der Waals surface area contributed by atoms with Gasteiger partial charge < -0.3 is 9.16 Å². The molecule has 26 heavy (non-hydrogen) atoms. The van der Waals surface area contributed by atoms with Crippen molar-refractivity contribution in [1.82, 2.24) is 0 Å². The number of ether oxygens (including phenoxy) is 1. The molecule has 0 aliphatic carbocycles. The van der Waals surface area contributed by atoms with Gasteiger partial charge in [0.05, 0.1) is 7.11 Å². The highest BCUT2D eigenvalue weighted by molar-refractivity contribution is 6.99. The van der Waals surface area contributed by atoms with Crippen molar-refractivity contribution in [1.29, 1.82) is 0 Å². The lowest BCUT2D eigenvalue weighted by atomic mass is 10.2. The maximum Gasteiger partial charge on any atom is 0.330 e. The minimum atomic E-state index is -2.48. The molecule has 0 fully saturated rings. The van der Waals surface area contributed by atoms with Crippen LogP contribution in [0.5, 0.6) is 0 Å². The Morgan fingerprint density at radius 2 is 1.46 bits per heavy atom. The third-order valence-electron chi connectivity index (χ3n) is 4.48. The average Bonchev–Trinajstić information content (AvgIpc) is 2.65. The zero-order chi connectivity index (χ0) is 19.0. The first-order chi connectivity index (χ1) is 12.4. The molecule has 4 heteroatoms. The van der Waals surface area contributed by atoms with Crippen molar-refractivity contribution >= 4 is 24.7 Å². The lowest BCUT2D eigenvalue weighted by Crippen LogP contribution is -2.66. The van der Waals surface area contributed by atoms with E-state index >= 15 is 0 Å². The van der Waals surface area contributed by atoms with Gasteiger partial charge in [-0.25, -0.2) is 4.79 Å². The summed E-state index contributed by atoms with van der Waals surface area (Å²) in [4.78, 5) is 11.2. The minimum Gasteiger partial charge on any atom is -0.466 e. The van der Waals surface area contributed by atoms with Crippen molar-refractivity contribution in [2.24, 2.45) is 0 Å². The van der Waals surface area contributed by atoms with Crippen molar-refractivity contribution in [2.45, 2.75) is 32.2 Å². The number of hydrogen-bond acceptors (Lipinski definition) is 3. The monoisotopic (exact) mass is 368 g/mol. The fourth-order valence-electron chi connectivity index (χ4n) is 3.29. The SMILES string of the molecule is COC(=O)C=CCCO[Si](c1ccccc1)(c1ccccc1)C(C)(C)C. The highest BCUT2D eigenvalue weighted by atomic mass is 28.4. The minimum absolute atomic E-state index is 0.0399. The molecule has 0 amide bonds. The summed E-state index contributed by atoms with van der Waals surface area (Å²) in [7, 11) is -1.10. The molecule has 2 rings (SSSR count). The number of hydrogen-bond donors (Lipinski definition) is 0. The average molecular weight is 369 g/mol. The van der Waals surface area contributed by atoms with Gasteiger partial charge in [0.15, 0.2) is 0 Å². The Morgan fingerprint density at radius 3 is 1.88 bits per heavy atom. The molecule has 0 bridgehead atoms. The van der Waals surface area contributed by atoms with Crippen LogP contribution in [0.3, 0.4) is 0 Å². The molecule has 0 atom stereocenters. The fourth-order valence-corrected chi connectivity index (χ4v) is 7.87. The Balaban J connectivity index is 2.38. The Labute approximate surface area is 157 Å². The van der Waals surface area contributed by atoms with Crippen LogP contribution in [-0.2, 0) is 14.0 Å². The summed E-state index contributed by atoms with van der Waals surface area (Å²) < 4.78 is 11.4. The standard InChI is InChI=1S/C22H28O3Si/c1-22(2,3)26(19-13-7-5-8-14-19,20-15-9-6-10-16-20)25-18-12-11-17-21(23)24-4/h5-11,13-17H,12,18H2,1-4H3. The molecule has 138 valence electrons. The second-order valence-electron chi connectivity index (χ2n) is 7.23. The van der Waals surface area contributed by atoms with E-state index in [0.717, 1.165) is 0 Å². The fraction of sp³-hybridized carbons (Fsp3) is 0.318. The maximum absolute atomic E-state index is 11.2. The van der Waals surface area contributed by atoms with Crippen LogP contribution in [0.15, 0.2) is 72.8 Å². The van der Waals surface area contributed by atoms with Gasteiger partial charge in [0.25, 0.3) is 8.32 Å². The first-order valence-electron chi connectivity index (χ1n) is 8.91. The van der Waals surface area contributed by atoms with Gasteiger partial charge in [0.1, 0.15) is 0 Å². The van der Waals surface area contributed by atoms with E-state index in [1.165, 1.54) is 23.6 Å². The normalized spacial score (nSPS) is 12.3. The second kappa shape index (κ2) is 8.97. The predicted octanol–water partition coefficient (Wildman–Crippen LogP) is 3.68. The Hall–Kier alpha value is -2.17. The summed E-state index contributed by atoms with van der Waals surface area (Å²) in [5.41, 5.74) is 0. The van der Waals surface area contributed by atoms with E-state index in [-0.39, 0.29) is 11.0 Å². The van der Waals surface area contributed by atoms with Crippen LogP contribution in [-0.4, -0.2) is 28.0 Å². The molecule has 0 heterocycles. The highest BCUT2D eigenvalue weighted by Gasteiger charge is 2.49. The molecule has 0 spiro atoms. The summed E-state index contributed by atoms with van der Waals surface area (Å²) in [6.45, 7) is 7.32. The van der Waals surface area contributed by atoms with Gasteiger partial charge in [-0.2, -0.15) is 0 Å². The molecule has 0 N–H and O–H groups in total. The topological polar surface area (TPSA) is 35.5 Å². The molecule has 0 radical (unpaired) electrons. The van der Waals surface area contributed by atoms with Gasteiger partial charge in [-0.3, -0.25) is 0 Å². The number of carbonyl (C=O) groups is 1. The number of rotatable bonds is 7. The molecular formula is C22H28O3Si. The van der Waals surface area contributed by atoms with E-state index in [2.05, 4.69) is 74.0 Å². The van der Waals surface area contributed by atoms with Gasteiger partial charge >= 0.3 is 5.97 Å². The quantitative estimate of drug-likeness (QED) is 0.324. The van der Waals surface area contributed by atoms with Gasteiger partial charge in [-0.05, 0) is 21.8 Å². The van der Waals surface area contributed by atoms with E-state index in [1.807, 2.05) is 18.2 Å². The number of benzene rings is 2. The lowest BCUT2D eigenvalue weighted by molar-refractivity contribution is -0.134. The number of methoxy groups -OCH3 is 1. The van der Waals surface area contributed by atoms with Crippen LogP contribution in [0.4, 0.5) is 0 Å². The molecule has 0 aliphatic heterocycles. The van der Waals surface area contributed by atoms with E-state index in [0.29, 0.717) is 13.0 Å². The third kappa shape index (κ3) is 4.51. The first kappa shape index (κ1) is 20.1. The van der Waals surface area contributed by atoms with Crippen molar-refractivity contribution in [3.63, 3.8) is 0 Å². The molecular weight excluding hydrogens is 340 g/mol. The van der Waals surface area contributed by atoms with Gasteiger partial charge in [-0.15, -0.1) is 0 Å². The van der Waals surface area contributed by atoms with Crippen molar-refractivity contribution < 1.29 is 14.0 Å². The van der Waals surface area contributed by atoms with Crippen LogP contribution < -0.4 is 10.4 Å². The van der Waals surface area contributed by atoms with Crippen LogP contribution >= 0.6 is 0 Å². The summed E-state index contributed by atoms with van der Waals surface area (Å²) in [5, 5.41) is 2.48. The highest BCUT2D eigenvalue weighted by Crippen LogP contribution is 2.36. The summed E-state index contributed by atoms with van der Waals surface area (Å²) >= 11 is 0. The second-order valence-corrected chi connectivity index (χ2v) is 11.5. The molecule has 0 aliphatic rings. The predicted molar refractivity (Wildman–Crippen MR) is 109 cm³/mol. The van der Waals surface area contributed by atoms with Crippen molar-refractivity contribution in [3.8, 4) is 0 Å². The van der Waals surface area contributed by atoms with Gasteiger partial charge in [0.2, 0.25) is 0 Å². The summed E-state index contributed by atoms with van der Waals surface area (Å²) in [6, 6.07) is 21.1. The Morgan fingerprint density at radius 1 is 0.962 bits per heavy atom. The zero-order valence-electron chi connectivity index (χ0n) is 16.1. The molecule has 0 saturated carbocycles. The molecule has 0 unspecified atom stereocenters. The molecule has 2 aromatic rings. The van der Waals surface area contributed by atoms with Gasteiger partial charge in [-0.1, -0.05) is 87.5 Å². The van der Waals surface area contributed by atoms with Crippen LogP contribution in [0, 0.1) is 0 Å². The van der Waals surface area contributed by atoms with E-state index < -0.39 is 8.32 Å². The Kier molecular flexibility index (Phi) is 6.95. The summed E-state index contributed by atoms with van der Waals surface area (Å²) in [6.07, 6.45) is 3.93. The van der Waals surface area contributed by atoms with Crippen LogP contribution in [0.1, 0.15) is 27.2 Å². The number of carbonyl (C=O) groups excluding carboxylic acids is 1. The van der Waals surface area contributed by atoms with Crippen molar-refractivity contribution in [3.05, 3.63) is 72.8 Å². The van der Waals surface area contributed by atoms with Crippen LogP contribution in [0.25, 0.3) is 0 Å². The molecule has 2 aromatic carbocycles. The maximum atomic E-state index is 11.2. The van der Waals surface area contributed by atoms with E-state index in [4.69, 9.17) is 4.43 Å². The largest absolute Gasteiger partial charge is 0.466 e. The van der Waals surface area contributed by atoms with Crippen molar-refractivity contribution in [2.75, 3.05) is 13.7 Å². The third-order valence-corrected chi connectivity index (χ3v) is 9.52. The summed E-state index contributed by atoms with van der Waals surface area (Å²) in [5.74, 6) is -0.338.